The third-order valence-electron chi connectivity index (χ3n) is 11.5. The number of amides is 2. The number of nitrogens with one attached hydrogen (secondary N) is 2. The average Bonchev–Trinajstić information content (AvgIpc) is 3.28. The van der Waals surface area contributed by atoms with Crippen LogP contribution in [0.2, 0.25) is 0 Å². The summed E-state index contributed by atoms with van der Waals surface area (Å²) in [5.74, 6) is 2.01. The Hall–Kier alpha value is -3.29. The summed E-state index contributed by atoms with van der Waals surface area (Å²) in [6, 6.07) is 13.2. The van der Waals surface area contributed by atoms with Gasteiger partial charge in [0.2, 0.25) is 11.8 Å². The summed E-state index contributed by atoms with van der Waals surface area (Å²) < 4.78 is 39.7. The van der Waals surface area contributed by atoms with Gasteiger partial charge in [0.25, 0.3) is 0 Å². The average molecular weight is 606 g/mol. The maximum atomic E-state index is 14.0. The topological polar surface area (TPSA) is 65.2 Å². The second-order valence-corrected chi connectivity index (χ2v) is 15.0. The number of alkyl halides is 3. The molecule has 0 radical (unpaired) electrons. The number of nitrogens with zero attached hydrogens (tertiary/aromatic N) is 1. The maximum absolute atomic E-state index is 14.0. The number of hydrogen-bond donors (Lipinski definition) is 2. The van der Waals surface area contributed by atoms with Gasteiger partial charge in [-0.2, -0.15) is 13.2 Å². The molecule has 5 aliphatic rings. The number of para-hydroxylation sites is 1. The van der Waals surface area contributed by atoms with E-state index in [0.717, 1.165) is 42.6 Å². The lowest BCUT2D eigenvalue weighted by Gasteiger charge is -2.57. The normalized spacial score (nSPS) is 30.0. The Morgan fingerprint density at radius 3 is 2.18 bits per heavy atom. The molecule has 8 heteroatoms. The number of carbonyl (C=O) groups is 2. The lowest BCUT2D eigenvalue weighted by Crippen LogP contribution is -2.61. The van der Waals surface area contributed by atoms with E-state index in [-0.39, 0.29) is 54.1 Å². The lowest BCUT2D eigenvalue weighted by molar-refractivity contribution is -0.139. The first kappa shape index (κ1) is 29.4. The van der Waals surface area contributed by atoms with Crippen molar-refractivity contribution >= 4 is 22.7 Å². The maximum Gasteiger partial charge on any atom is 0.416 e. The number of rotatable bonds is 8. The van der Waals surface area contributed by atoms with Gasteiger partial charge in [-0.15, -0.1) is 0 Å². The lowest BCUT2D eigenvalue weighted by atomic mass is 9.53. The van der Waals surface area contributed by atoms with Crippen molar-refractivity contribution in [3.05, 3.63) is 70.9 Å². The fraction of sp³-hybridized carbons (Fsp3) is 0.556. The van der Waals surface area contributed by atoms with Gasteiger partial charge in [-0.1, -0.05) is 44.2 Å². The summed E-state index contributed by atoms with van der Waals surface area (Å²) in [6.45, 7) is 6.46. The number of carbonyl (C=O) groups excluding carboxylic acids is 2. The Morgan fingerprint density at radius 2 is 1.57 bits per heavy atom. The van der Waals surface area contributed by atoms with Gasteiger partial charge in [0, 0.05) is 35.1 Å². The molecule has 0 unspecified atom stereocenters. The van der Waals surface area contributed by atoms with E-state index in [1.807, 2.05) is 12.1 Å². The third kappa shape index (κ3) is 5.32. The zero-order chi connectivity index (χ0) is 31.0. The van der Waals surface area contributed by atoms with Gasteiger partial charge in [-0.05, 0) is 110 Å². The minimum Gasteiger partial charge on any atom is -0.358 e. The number of aryl methyl sites for hydroxylation is 1. The number of fused-ring (bicyclic) bond motifs is 1. The molecule has 5 saturated carbocycles. The smallest absolute Gasteiger partial charge is 0.358 e. The standard InChI is InChI=1S/C36H42F3N3O2/c1-21-32(27-6-4-5-7-29(27)40-21)33-28(34(33,2)3)15-31(44)42(19-22-8-10-26(11-9-22)36(37,38)39)20-30(43)41-35-16-23-12-24(17-35)14-25(13-23)18-35/h4-11,23-25,28,33,40H,12-20H2,1-3H3,(H,41,43)/t23?,24?,25?,28-,33-,35?/m0/s1. The number of hydrogen-bond acceptors (Lipinski definition) is 2. The van der Waals surface area contributed by atoms with Crippen LogP contribution >= 0.6 is 0 Å². The molecule has 234 valence electrons. The molecular weight excluding hydrogens is 563 g/mol. The summed E-state index contributed by atoms with van der Waals surface area (Å²) in [5.41, 5.74) is 3.01. The second-order valence-electron chi connectivity index (χ2n) is 15.0. The first-order valence-electron chi connectivity index (χ1n) is 16.1. The van der Waals surface area contributed by atoms with Crippen LogP contribution in [0.15, 0.2) is 48.5 Å². The van der Waals surface area contributed by atoms with Crippen molar-refractivity contribution in [1.29, 1.82) is 0 Å². The van der Waals surface area contributed by atoms with Crippen molar-refractivity contribution in [1.82, 2.24) is 15.2 Å². The number of halogens is 3. The molecule has 2 N–H and O–H groups in total. The van der Waals surface area contributed by atoms with Crippen LogP contribution in [0.1, 0.15) is 87.1 Å². The summed E-state index contributed by atoms with van der Waals surface area (Å²) in [5, 5.41) is 4.56. The molecule has 5 fully saturated rings. The van der Waals surface area contributed by atoms with E-state index >= 15 is 0 Å². The van der Waals surface area contributed by atoms with E-state index in [2.05, 4.69) is 43.2 Å². The largest absolute Gasteiger partial charge is 0.416 e. The van der Waals surface area contributed by atoms with Crippen LogP contribution in [0.3, 0.4) is 0 Å². The van der Waals surface area contributed by atoms with E-state index in [0.29, 0.717) is 23.3 Å². The highest BCUT2D eigenvalue weighted by atomic mass is 19.4. The molecule has 3 aromatic rings. The summed E-state index contributed by atoms with van der Waals surface area (Å²) >= 11 is 0. The zero-order valence-corrected chi connectivity index (χ0v) is 25.8. The number of H-pyrrole nitrogens is 1. The van der Waals surface area contributed by atoms with Crippen LogP contribution in [0.4, 0.5) is 13.2 Å². The van der Waals surface area contributed by atoms with Crippen LogP contribution in [-0.4, -0.2) is 33.8 Å². The predicted molar refractivity (Wildman–Crippen MR) is 164 cm³/mol. The monoisotopic (exact) mass is 605 g/mol. The Kier molecular flexibility index (Phi) is 6.94. The summed E-state index contributed by atoms with van der Waals surface area (Å²) in [7, 11) is 0. The van der Waals surface area contributed by atoms with Crippen LogP contribution in [0.5, 0.6) is 0 Å². The van der Waals surface area contributed by atoms with Gasteiger partial charge in [-0.25, -0.2) is 0 Å². The van der Waals surface area contributed by atoms with Gasteiger partial charge in [0.15, 0.2) is 0 Å². The van der Waals surface area contributed by atoms with E-state index in [9.17, 15) is 22.8 Å². The Bertz CT molecular complexity index is 1550. The summed E-state index contributed by atoms with van der Waals surface area (Å²) in [4.78, 5) is 32.7. The molecule has 5 nitrogen and oxygen atoms in total. The molecule has 1 heterocycles. The SMILES string of the molecule is Cc1[nH]c2ccccc2c1[C@@H]1[C@H](CC(=O)N(CC(=O)NC23CC4CC(CC(C4)C2)C3)Cc2ccc(C(F)(F)F)cc2)C1(C)C. The third-order valence-corrected chi connectivity index (χ3v) is 11.5. The predicted octanol–water partition coefficient (Wildman–Crippen LogP) is 7.74. The number of aromatic amines is 1. The fourth-order valence-electron chi connectivity index (χ4n) is 9.74. The Morgan fingerprint density at radius 1 is 0.955 bits per heavy atom. The molecule has 5 aliphatic carbocycles. The summed E-state index contributed by atoms with van der Waals surface area (Å²) in [6.07, 6.45) is 2.69. The van der Waals surface area contributed by atoms with Gasteiger partial charge in [0.1, 0.15) is 0 Å². The van der Waals surface area contributed by atoms with Crippen LogP contribution in [0, 0.1) is 36.0 Å². The Labute approximate surface area is 257 Å². The van der Waals surface area contributed by atoms with Crippen molar-refractivity contribution < 1.29 is 22.8 Å². The second kappa shape index (κ2) is 10.4. The molecule has 0 spiro atoms. The highest BCUT2D eigenvalue weighted by Crippen LogP contribution is 2.67. The van der Waals surface area contributed by atoms with Crippen LogP contribution in [-0.2, 0) is 22.3 Å². The highest BCUT2D eigenvalue weighted by Gasteiger charge is 2.60. The van der Waals surface area contributed by atoms with Crippen molar-refractivity contribution in [2.45, 2.75) is 89.9 Å². The van der Waals surface area contributed by atoms with Crippen LogP contribution in [0.25, 0.3) is 10.9 Å². The van der Waals surface area contributed by atoms with Crippen molar-refractivity contribution in [3.63, 3.8) is 0 Å². The number of aromatic nitrogens is 1. The van der Waals surface area contributed by atoms with Crippen molar-refractivity contribution in [3.8, 4) is 0 Å². The molecule has 44 heavy (non-hydrogen) atoms. The van der Waals surface area contributed by atoms with Gasteiger partial charge >= 0.3 is 6.18 Å². The van der Waals surface area contributed by atoms with E-state index in [4.69, 9.17) is 0 Å². The zero-order valence-electron chi connectivity index (χ0n) is 25.8. The van der Waals surface area contributed by atoms with E-state index < -0.39 is 11.7 Å². The molecule has 0 aliphatic heterocycles. The van der Waals surface area contributed by atoms with E-state index in [1.165, 1.54) is 42.3 Å². The van der Waals surface area contributed by atoms with Crippen LogP contribution < -0.4 is 5.32 Å². The van der Waals surface area contributed by atoms with Crippen molar-refractivity contribution in [2.24, 2.45) is 29.1 Å². The fourth-order valence-corrected chi connectivity index (χ4v) is 9.74. The van der Waals surface area contributed by atoms with Gasteiger partial charge < -0.3 is 15.2 Å². The van der Waals surface area contributed by atoms with E-state index in [1.54, 1.807) is 4.90 Å². The Balaban J connectivity index is 1.10. The minimum absolute atomic E-state index is 0.0917. The molecule has 8 rings (SSSR count). The molecule has 1 aromatic heterocycles. The highest BCUT2D eigenvalue weighted by molar-refractivity contribution is 5.88. The van der Waals surface area contributed by atoms with Gasteiger partial charge in [0.05, 0.1) is 12.1 Å². The first-order valence-corrected chi connectivity index (χ1v) is 16.1. The molecule has 2 atom stereocenters. The molecule has 4 bridgehead atoms. The van der Waals surface area contributed by atoms with Crippen molar-refractivity contribution in [2.75, 3.05) is 6.54 Å². The molecule has 2 aromatic carbocycles. The molecular formula is C36H42F3N3O2. The molecule has 0 saturated heterocycles. The van der Waals surface area contributed by atoms with Gasteiger partial charge in [-0.3, -0.25) is 9.59 Å². The number of benzene rings is 2. The first-order chi connectivity index (χ1) is 20.8. The molecule has 2 amide bonds. The quantitative estimate of drug-likeness (QED) is 0.276. The minimum atomic E-state index is -4.43.